The summed E-state index contributed by atoms with van der Waals surface area (Å²) < 4.78 is 12.4. The molecular weight excluding hydrogens is 394 g/mol. The van der Waals surface area contributed by atoms with E-state index < -0.39 is 17.1 Å². The van der Waals surface area contributed by atoms with Crippen molar-refractivity contribution in [2.24, 2.45) is 11.3 Å². The Hall–Kier alpha value is -2.83. The Balaban J connectivity index is 1.71. The minimum absolute atomic E-state index is 0.0921. The topological polar surface area (TPSA) is 82.5 Å². The Morgan fingerprint density at radius 2 is 1.87 bits per heavy atom. The molecule has 0 spiro atoms. The molecule has 0 bridgehead atoms. The van der Waals surface area contributed by atoms with Crippen LogP contribution in [0.25, 0.3) is 5.69 Å². The number of rotatable bonds is 7. The fourth-order valence-electron chi connectivity index (χ4n) is 4.09. The van der Waals surface area contributed by atoms with E-state index in [0.717, 1.165) is 17.8 Å². The van der Waals surface area contributed by atoms with Crippen molar-refractivity contribution in [1.29, 1.82) is 0 Å². The lowest BCUT2D eigenvalue weighted by molar-refractivity contribution is -0.144. The third kappa shape index (κ3) is 5.27. The molecule has 1 aliphatic carbocycles. The van der Waals surface area contributed by atoms with Gasteiger partial charge in [0.25, 0.3) is 0 Å². The minimum atomic E-state index is -0.738. The van der Waals surface area contributed by atoms with E-state index in [-0.39, 0.29) is 17.3 Å². The zero-order chi connectivity index (χ0) is 22.9. The van der Waals surface area contributed by atoms with Crippen LogP contribution in [0.1, 0.15) is 53.2 Å². The van der Waals surface area contributed by atoms with Crippen LogP contribution >= 0.6 is 0 Å². The van der Waals surface area contributed by atoms with Gasteiger partial charge in [0, 0.05) is 18.4 Å². The molecule has 1 amide bonds. The SMILES string of the molecule is COC(=O)C1(c2cn(-c3ccccc3)cn2)CC1CC(C)(C)CNC(=O)OC(C)(C)C. The van der Waals surface area contributed by atoms with Crippen molar-refractivity contribution in [1.82, 2.24) is 14.9 Å². The lowest BCUT2D eigenvalue weighted by Crippen LogP contribution is -2.38. The number of ether oxygens (including phenoxy) is 2. The summed E-state index contributed by atoms with van der Waals surface area (Å²) >= 11 is 0. The van der Waals surface area contributed by atoms with Gasteiger partial charge in [-0.3, -0.25) is 4.79 Å². The number of para-hydroxylation sites is 1. The van der Waals surface area contributed by atoms with Gasteiger partial charge in [-0.25, -0.2) is 9.78 Å². The van der Waals surface area contributed by atoms with Gasteiger partial charge in [-0.2, -0.15) is 0 Å². The van der Waals surface area contributed by atoms with Crippen molar-refractivity contribution in [3.05, 3.63) is 48.5 Å². The molecule has 2 atom stereocenters. The van der Waals surface area contributed by atoms with Crippen molar-refractivity contribution >= 4 is 12.1 Å². The van der Waals surface area contributed by atoms with Crippen LogP contribution in [-0.4, -0.2) is 40.9 Å². The molecule has 2 aromatic rings. The number of esters is 1. The number of imidazole rings is 1. The van der Waals surface area contributed by atoms with Gasteiger partial charge in [0.05, 0.1) is 19.1 Å². The third-order valence-electron chi connectivity index (χ3n) is 5.66. The van der Waals surface area contributed by atoms with Gasteiger partial charge in [-0.05, 0) is 57.1 Å². The maximum atomic E-state index is 12.8. The first kappa shape index (κ1) is 22.8. The largest absolute Gasteiger partial charge is 0.468 e. The van der Waals surface area contributed by atoms with E-state index in [4.69, 9.17) is 9.47 Å². The summed E-state index contributed by atoms with van der Waals surface area (Å²) in [6.45, 7) is 10.1. The van der Waals surface area contributed by atoms with Crippen LogP contribution in [0.3, 0.4) is 0 Å². The Bertz CT molecular complexity index is 930. The molecule has 1 fully saturated rings. The maximum absolute atomic E-state index is 12.8. The summed E-state index contributed by atoms with van der Waals surface area (Å²) in [5.41, 5.74) is 0.212. The normalized spacial score (nSPS) is 20.8. The first-order valence-corrected chi connectivity index (χ1v) is 10.6. The summed E-state index contributed by atoms with van der Waals surface area (Å²) in [5, 5.41) is 2.85. The highest BCUT2D eigenvalue weighted by Crippen LogP contribution is 2.58. The van der Waals surface area contributed by atoms with Gasteiger partial charge in [0.15, 0.2) is 0 Å². The Kier molecular flexibility index (Phi) is 6.16. The van der Waals surface area contributed by atoms with E-state index >= 15 is 0 Å². The number of nitrogens with zero attached hydrogens (tertiary/aromatic N) is 2. The lowest BCUT2D eigenvalue weighted by Gasteiger charge is -2.27. The number of hydrogen-bond acceptors (Lipinski definition) is 5. The molecular formula is C24H33N3O4. The molecule has 0 aliphatic heterocycles. The average molecular weight is 428 g/mol. The molecule has 3 rings (SSSR count). The molecule has 1 aromatic carbocycles. The fraction of sp³-hybridized carbons (Fsp3) is 0.542. The first-order chi connectivity index (χ1) is 14.5. The van der Waals surface area contributed by atoms with Crippen LogP contribution in [0.15, 0.2) is 42.9 Å². The Morgan fingerprint density at radius 1 is 1.19 bits per heavy atom. The zero-order valence-electron chi connectivity index (χ0n) is 19.3. The van der Waals surface area contributed by atoms with Gasteiger partial charge in [0.1, 0.15) is 11.0 Å². The number of hydrogen-bond donors (Lipinski definition) is 1. The number of nitrogens with one attached hydrogen (secondary N) is 1. The van der Waals surface area contributed by atoms with Crippen molar-refractivity contribution in [2.75, 3.05) is 13.7 Å². The average Bonchev–Trinajstić information content (AvgIpc) is 3.18. The number of benzene rings is 1. The van der Waals surface area contributed by atoms with Gasteiger partial charge in [0.2, 0.25) is 0 Å². The second kappa shape index (κ2) is 8.36. The van der Waals surface area contributed by atoms with Crippen LogP contribution < -0.4 is 5.32 Å². The molecule has 7 nitrogen and oxygen atoms in total. The Labute approximate surface area is 184 Å². The molecule has 1 heterocycles. The van der Waals surface area contributed by atoms with Gasteiger partial charge in [-0.1, -0.05) is 32.0 Å². The summed E-state index contributed by atoms with van der Waals surface area (Å²) in [6, 6.07) is 9.87. The van der Waals surface area contributed by atoms with E-state index in [2.05, 4.69) is 24.1 Å². The quantitative estimate of drug-likeness (QED) is 0.668. The second-order valence-electron chi connectivity index (χ2n) is 10.1. The van der Waals surface area contributed by atoms with Crippen LogP contribution in [0, 0.1) is 11.3 Å². The summed E-state index contributed by atoms with van der Waals surface area (Å²) in [4.78, 5) is 29.4. The molecule has 1 aliphatic rings. The maximum Gasteiger partial charge on any atom is 0.407 e. The smallest absolute Gasteiger partial charge is 0.407 e. The van der Waals surface area contributed by atoms with Crippen molar-refractivity contribution in [3.63, 3.8) is 0 Å². The van der Waals surface area contributed by atoms with Gasteiger partial charge < -0.3 is 19.4 Å². The van der Waals surface area contributed by atoms with E-state index in [1.54, 1.807) is 6.33 Å². The molecule has 168 valence electrons. The van der Waals surface area contributed by atoms with E-state index in [0.29, 0.717) is 13.0 Å². The molecule has 0 radical (unpaired) electrons. The highest BCUT2D eigenvalue weighted by atomic mass is 16.6. The van der Waals surface area contributed by atoms with E-state index in [1.165, 1.54) is 7.11 Å². The van der Waals surface area contributed by atoms with Crippen molar-refractivity contribution in [2.45, 2.75) is 58.5 Å². The van der Waals surface area contributed by atoms with Gasteiger partial charge >= 0.3 is 12.1 Å². The minimum Gasteiger partial charge on any atom is -0.468 e. The monoisotopic (exact) mass is 427 g/mol. The molecule has 7 heteroatoms. The van der Waals surface area contributed by atoms with Crippen LogP contribution in [0.5, 0.6) is 0 Å². The predicted molar refractivity (Wildman–Crippen MR) is 118 cm³/mol. The third-order valence-corrected chi connectivity index (χ3v) is 5.66. The van der Waals surface area contributed by atoms with E-state index in [9.17, 15) is 9.59 Å². The molecule has 1 N–H and O–H groups in total. The fourth-order valence-corrected chi connectivity index (χ4v) is 4.09. The number of carbonyl (C=O) groups excluding carboxylic acids is 2. The highest BCUT2D eigenvalue weighted by molar-refractivity contribution is 5.86. The highest BCUT2D eigenvalue weighted by Gasteiger charge is 2.64. The molecule has 31 heavy (non-hydrogen) atoms. The van der Waals surface area contributed by atoms with Gasteiger partial charge in [-0.15, -0.1) is 0 Å². The zero-order valence-corrected chi connectivity index (χ0v) is 19.3. The summed E-state index contributed by atoms with van der Waals surface area (Å²) in [5.74, 6) is -0.166. The Morgan fingerprint density at radius 3 is 2.48 bits per heavy atom. The van der Waals surface area contributed by atoms with Crippen molar-refractivity contribution < 1.29 is 19.1 Å². The van der Waals surface area contributed by atoms with Crippen LogP contribution in [0.2, 0.25) is 0 Å². The number of alkyl carbamates (subject to hydrolysis) is 1. The summed E-state index contributed by atoms with van der Waals surface area (Å²) in [6.07, 6.45) is 4.65. The molecule has 1 aromatic heterocycles. The molecule has 2 unspecified atom stereocenters. The molecule has 1 saturated carbocycles. The molecule has 0 saturated heterocycles. The van der Waals surface area contributed by atoms with Crippen LogP contribution in [-0.2, 0) is 19.7 Å². The first-order valence-electron chi connectivity index (χ1n) is 10.6. The number of amides is 1. The number of aromatic nitrogens is 2. The van der Waals surface area contributed by atoms with Crippen LogP contribution in [0.4, 0.5) is 4.79 Å². The number of carbonyl (C=O) groups is 2. The predicted octanol–water partition coefficient (Wildman–Crippen LogP) is 4.24. The summed E-state index contributed by atoms with van der Waals surface area (Å²) in [7, 11) is 1.42. The standard InChI is InChI=1S/C24H33N3O4/c1-22(2,3)31-21(29)25-15-23(4,5)12-17-13-24(17,20(28)30-6)19-14-27(16-26-19)18-10-8-7-9-11-18/h7-11,14,16-17H,12-13,15H2,1-6H3,(H,25,29). The van der Waals surface area contributed by atoms with Crippen molar-refractivity contribution in [3.8, 4) is 5.69 Å². The lowest BCUT2D eigenvalue weighted by atomic mass is 9.84. The second-order valence-corrected chi connectivity index (χ2v) is 10.1. The van der Waals surface area contributed by atoms with E-state index in [1.807, 2.05) is 61.9 Å². The number of methoxy groups -OCH3 is 1.